The number of aromatic amines is 2. The predicted octanol–water partition coefficient (Wildman–Crippen LogP) is 0.447. The lowest BCUT2D eigenvalue weighted by molar-refractivity contribution is 0.100. The summed E-state index contributed by atoms with van der Waals surface area (Å²) in [7, 11) is 0. The van der Waals surface area contributed by atoms with Gasteiger partial charge in [-0.1, -0.05) is 18.2 Å². The second-order valence-corrected chi connectivity index (χ2v) is 3.52. The van der Waals surface area contributed by atoms with Crippen LogP contribution in [0.15, 0.2) is 24.3 Å². The monoisotopic (exact) mass is 228 g/mol. The highest BCUT2D eigenvalue weighted by Gasteiger charge is 2.19. The van der Waals surface area contributed by atoms with E-state index in [2.05, 4.69) is 25.6 Å². The van der Waals surface area contributed by atoms with E-state index in [9.17, 15) is 4.79 Å². The smallest absolute Gasteiger partial charge is 0.251 e. The molecule has 2 aromatic heterocycles. The van der Waals surface area contributed by atoms with Crippen LogP contribution in [0, 0.1) is 0 Å². The van der Waals surface area contributed by atoms with Gasteiger partial charge in [0.1, 0.15) is 5.69 Å². The van der Waals surface area contributed by atoms with Gasteiger partial charge in [-0.05, 0) is 11.3 Å². The standard InChI is InChI=1S/C10H8N6O/c11-9(17)7-5-3-1-2-4-6(5)12-8(7)10-13-15-16-14-10/h1-4,12H,(H2,11,17)(H,13,14,15,16). The number of H-pyrrole nitrogens is 2. The van der Waals surface area contributed by atoms with Crippen LogP contribution in [0.3, 0.4) is 0 Å². The van der Waals surface area contributed by atoms with Gasteiger partial charge in [0.25, 0.3) is 5.91 Å². The minimum absolute atomic E-state index is 0.315. The number of aromatic nitrogens is 5. The Bertz CT molecular complexity index is 684. The Morgan fingerprint density at radius 1 is 1.29 bits per heavy atom. The van der Waals surface area contributed by atoms with Gasteiger partial charge in [0.05, 0.1) is 5.56 Å². The first kappa shape index (κ1) is 9.52. The van der Waals surface area contributed by atoms with Crippen molar-refractivity contribution in [1.82, 2.24) is 25.6 Å². The molecule has 0 unspecified atom stereocenters. The number of carbonyl (C=O) groups excluding carboxylic acids is 1. The van der Waals surface area contributed by atoms with Gasteiger partial charge in [-0.15, -0.1) is 10.2 Å². The van der Waals surface area contributed by atoms with E-state index in [1.165, 1.54) is 0 Å². The summed E-state index contributed by atoms with van der Waals surface area (Å²) >= 11 is 0. The topological polar surface area (TPSA) is 113 Å². The molecular weight excluding hydrogens is 220 g/mol. The van der Waals surface area contributed by atoms with Crippen LogP contribution in [0.1, 0.15) is 10.4 Å². The summed E-state index contributed by atoms with van der Waals surface area (Å²) < 4.78 is 0. The SMILES string of the molecule is NC(=O)c1c(-c2nn[nH]n2)[nH]c2ccccc12. The Balaban J connectivity index is 2.38. The van der Waals surface area contributed by atoms with Crippen molar-refractivity contribution in [3.63, 3.8) is 0 Å². The zero-order valence-electron chi connectivity index (χ0n) is 8.64. The fourth-order valence-electron chi connectivity index (χ4n) is 1.83. The summed E-state index contributed by atoms with van der Waals surface area (Å²) in [5.74, 6) is -0.211. The van der Waals surface area contributed by atoms with Crippen molar-refractivity contribution in [2.24, 2.45) is 5.73 Å². The number of hydrogen-bond acceptors (Lipinski definition) is 4. The van der Waals surface area contributed by atoms with Gasteiger partial charge < -0.3 is 10.7 Å². The van der Waals surface area contributed by atoms with Crippen LogP contribution in [0.25, 0.3) is 22.4 Å². The zero-order valence-corrected chi connectivity index (χ0v) is 8.64. The second-order valence-electron chi connectivity index (χ2n) is 3.52. The highest BCUT2D eigenvalue weighted by Crippen LogP contribution is 2.27. The van der Waals surface area contributed by atoms with Crippen molar-refractivity contribution in [3.8, 4) is 11.5 Å². The number of rotatable bonds is 2. The first-order valence-electron chi connectivity index (χ1n) is 4.91. The lowest BCUT2D eigenvalue weighted by Gasteiger charge is -1.94. The second kappa shape index (κ2) is 3.41. The largest absolute Gasteiger partial charge is 0.366 e. The minimum Gasteiger partial charge on any atom is -0.366 e. The molecule has 2 heterocycles. The number of nitrogens with one attached hydrogen (secondary N) is 2. The van der Waals surface area contributed by atoms with Crippen LogP contribution in [-0.2, 0) is 0 Å². The number of nitrogens with zero attached hydrogens (tertiary/aromatic N) is 3. The molecule has 0 bridgehead atoms. The van der Waals surface area contributed by atoms with Gasteiger partial charge in [-0.2, -0.15) is 5.21 Å². The van der Waals surface area contributed by atoms with Crippen LogP contribution < -0.4 is 5.73 Å². The van der Waals surface area contributed by atoms with E-state index in [1.54, 1.807) is 0 Å². The number of primary amides is 1. The number of nitrogens with two attached hydrogens (primary N) is 1. The normalized spacial score (nSPS) is 10.8. The fraction of sp³-hybridized carbons (Fsp3) is 0. The lowest BCUT2D eigenvalue weighted by atomic mass is 10.1. The van der Waals surface area contributed by atoms with Gasteiger partial charge in [-0.3, -0.25) is 4.79 Å². The van der Waals surface area contributed by atoms with E-state index in [0.717, 1.165) is 10.9 Å². The number of amides is 1. The Morgan fingerprint density at radius 2 is 2.12 bits per heavy atom. The van der Waals surface area contributed by atoms with E-state index in [1.807, 2.05) is 24.3 Å². The Labute approximate surface area is 95.0 Å². The highest BCUT2D eigenvalue weighted by atomic mass is 16.1. The summed E-state index contributed by atoms with van der Waals surface area (Å²) in [5, 5.41) is 14.2. The van der Waals surface area contributed by atoms with Gasteiger partial charge >= 0.3 is 0 Å². The number of hydrogen-bond donors (Lipinski definition) is 3. The third-order valence-electron chi connectivity index (χ3n) is 2.52. The first-order valence-corrected chi connectivity index (χ1v) is 4.91. The number of fused-ring (bicyclic) bond motifs is 1. The number of benzene rings is 1. The molecule has 0 aliphatic heterocycles. The number of tetrazole rings is 1. The summed E-state index contributed by atoms with van der Waals surface area (Å²) in [6.07, 6.45) is 0. The Hall–Kier alpha value is -2.70. The Kier molecular flexibility index (Phi) is 1.91. The average molecular weight is 228 g/mol. The molecule has 1 amide bonds. The van der Waals surface area contributed by atoms with Crippen molar-refractivity contribution in [1.29, 1.82) is 0 Å². The summed E-state index contributed by atoms with van der Waals surface area (Å²) in [6.45, 7) is 0. The van der Waals surface area contributed by atoms with E-state index in [4.69, 9.17) is 5.73 Å². The third-order valence-corrected chi connectivity index (χ3v) is 2.52. The molecule has 0 aliphatic carbocycles. The summed E-state index contributed by atoms with van der Waals surface area (Å²) in [6, 6.07) is 7.37. The van der Waals surface area contributed by atoms with Crippen LogP contribution in [-0.4, -0.2) is 31.5 Å². The molecule has 0 saturated heterocycles. The molecule has 84 valence electrons. The van der Waals surface area contributed by atoms with Crippen molar-refractivity contribution in [2.45, 2.75) is 0 Å². The van der Waals surface area contributed by atoms with Crippen molar-refractivity contribution in [2.75, 3.05) is 0 Å². The maximum absolute atomic E-state index is 11.5. The fourth-order valence-corrected chi connectivity index (χ4v) is 1.83. The Morgan fingerprint density at radius 3 is 2.82 bits per heavy atom. The molecule has 0 radical (unpaired) electrons. The third kappa shape index (κ3) is 1.36. The predicted molar refractivity (Wildman–Crippen MR) is 60.0 cm³/mol. The average Bonchev–Trinajstić information content (AvgIpc) is 2.95. The molecule has 7 nitrogen and oxygen atoms in total. The molecule has 0 aliphatic rings. The van der Waals surface area contributed by atoms with E-state index in [0.29, 0.717) is 17.1 Å². The van der Waals surface area contributed by atoms with E-state index in [-0.39, 0.29) is 0 Å². The quantitative estimate of drug-likeness (QED) is 0.590. The summed E-state index contributed by atoms with van der Waals surface area (Å²) in [4.78, 5) is 14.6. The van der Waals surface area contributed by atoms with Gasteiger partial charge in [0, 0.05) is 10.9 Å². The van der Waals surface area contributed by atoms with E-state index >= 15 is 0 Å². The van der Waals surface area contributed by atoms with Crippen LogP contribution in [0.5, 0.6) is 0 Å². The van der Waals surface area contributed by atoms with Crippen LogP contribution in [0.2, 0.25) is 0 Å². The maximum atomic E-state index is 11.5. The lowest BCUT2D eigenvalue weighted by Crippen LogP contribution is -2.11. The molecule has 17 heavy (non-hydrogen) atoms. The highest BCUT2D eigenvalue weighted by molar-refractivity contribution is 6.11. The zero-order chi connectivity index (χ0) is 11.8. The van der Waals surface area contributed by atoms with Gasteiger partial charge in [0.2, 0.25) is 5.82 Å². The molecular formula is C10H8N6O. The minimum atomic E-state index is -0.526. The molecule has 0 fully saturated rings. The molecule has 3 rings (SSSR count). The van der Waals surface area contributed by atoms with E-state index < -0.39 is 5.91 Å². The molecule has 0 spiro atoms. The molecule has 0 saturated carbocycles. The van der Waals surface area contributed by atoms with Gasteiger partial charge in [-0.25, -0.2) is 0 Å². The molecule has 1 aromatic carbocycles. The maximum Gasteiger partial charge on any atom is 0.251 e. The first-order chi connectivity index (χ1) is 8.27. The molecule has 0 atom stereocenters. The molecule has 3 aromatic rings. The summed E-state index contributed by atoms with van der Waals surface area (Å²) in [5.41, 5.74) is 7.05. The number of carbonyl (C=O) groups is 1. The van der Waals surface area contributed by atoms with Gasteiger partial charge in [0.15, 0.2) is 0 Å². The van der Waals surface area contributed by atoms with Crippen molar-refractivity contribution < 1.29 is 4.79 Å². The number of para-hydroxylation sites is 1. The molecule has 4 N–H and O–H groups in total. The van der Waals surface area contributed by atoms with Crippen molar-refractivity contribution in [3.05, 3.63) is 29.8 Å². The van der Waals surface area contributed by atoms with Crippen LogP contribution in [0.4, 0.5) is 0 Å². The van der Waals surface area contributed by atoms with Crippen LogP contribution >= 0.6 is 0 Å². The van der Waals surface area contributed by atoms with Crippen molar-refractivity contribution >= 4 is 16.8 Å². The molecule has 7 heteroatoms.